The van der Waals surface area contributed by atoms with Crippen molar-refractivity contribution in [2.45, 2.75) is 24.3 Å². The van der Waals surface area contributed by atoms with Crippen molar-refractivity contribution in [3.63, 3.8) is 0 Å². The second kappa shape index (κ2) is 4.07. The minimum Gasteiger partial charge on any atom is -0.388 e. The van der Waals surface area contributed by atoms with Gasteiger partial charge in [-0.2, -0.15) is 0 Å². The van der Waals surface area contributed by atoms with Gasteiger partial charge in [0.15, 0.2) is 0 Å². The summed E-state index contributed by atoms with van der Waals surface area (Å²) in [5, 5.41) is 9.48. The zero-order valence-corrected chi connectivity index (χ0v) is 8.39. The molecule has 0 amide bonds. The molecule has 0 aromatic heterocycles. The van der Waals surface area contributed by atoms with E-state index in [4.69, 9.17) is 17.3 Å². The summed E-state index contributed by atoms with van der Waals surface area (Å²) in [6.45, 7) is 0. The molecule has 5 heteroatoms. The molecule has 3 nitrogen and oxygen atoms in total. The van der Waals surface area contributed by atoms with Crippen molar-refractivity contribution in [2.75, 3.05) is 11.5 Å². The SMILES string of the molecule is [B][C@@H]1O[C@H](CI)C(O)C1OC. The summed E-state index contributed by atoms with van der Waals surface area (Å²) in [7, 11) is 7.06. The number of hydrogen-bond acceptors (Lipinski definition) is 3. The van der Waals surface area contributed by atoms with Crippen LogP contribution >= 0.6 is 22.6 Å². The van der Waals surface area contributed by atoms with Gasteiger partial charge in [0.1, 0.15) is 20.1 Å². The van der Waals surface area contributed by atoms with Crippen LogP contribution in [0.25, 0.3) is 0 Å². The summed E-state index contributed by atoms with van der Waals surface area (Å²) in [4.78, 5) is 0. The van der Waals surface area contributed by atoms with Crippen molar-refractivity contribution >= 4 is 30.4 Å². The molecule has 1 aliphatic rings. The third-order valence-corrected chi connectivity index (χ3v) is 2.67. The molecule has 0 aromatic rings. The molecule has 0 spiro atoms. The van der Waals surface area contributed by atoms with E-state index in [-0.39, 0.29) is 12.2 Å². The Morgan fingerprint density at radius 2 is 2.36 bits per heavy atom. The molecule has 1 heterocycles. The van der Waals surface area contributed by atoms with E-state index in [0.717, 1.165) is 4.43 Å². The number of hydrogen-bond donors (Lipinski definition) is 1. The van der Waals surface area contributed by atoms with Gasteiger partial charge in [0.25, 0.3) is 0 Å². The highest BCUT2D eigenvalue weighted by molar-refractivity contribution is 14.1. The van der Waals surface area contributed by atoms with Crippen LogP contribution in [0, 0.1) is 0 Å². The molecule has 1 fully saturated rings. The Morgan fingerprint density at radius 1 is 1.73 bits per heavy atom. The standard InChI is InChI=1S/C6H10BIO3/c1-10-5-4(9)3(2-8)11-6(5)7/h3-6,9H,2H2,1H3/t3-,4?,5?,6-/m1/s1. The van der Waals surface area contributed by atoms with Crippen LogP contribution in [-0.2, 0) is 9.47 Å². The first-order chi connectivity index (χ1) is 5.20. The number of rotatable bonds is 2. The second-order valence-electron chi connectivity index (χ2n) is 2.48. The third-order valence-electron chi connectivity index (χ3n) is 1.80. The van der Waals surface area contributed by atoms with E-state index in [2.05, 4.69) is 22.6 Å². The molecule has 62 valence electrons. The predicted molar refractivity (Wildman–Crippen MR) is 50.1 cm³/mol. The van der Waals surface area contributed by atoms with Gasteiger partial charge in [0.2, 0.25) is 0 Å². The van der Waals surface area contributed by atoms with E-state index < -0.39 is 12.1 Å². The lowest BCUT2D eigenvalue weighted by molar-refractivity contribution is 0.00772. The summed E-state index contributed by atoms with van der Waals surface area (Å²) in [5.74, 6) is 0. The molecule has 0 bridgehead atoms. The van der Waals surface area contributed by atoms with Gasteiger partial charge in [0.05, 0.1) is 6.10 Å². The van der Waals surface area contributed by atoms with Gasteiger partial charge in [-0.3, -0.25) is 0 Å². The highest BCUT2D eigenvalue weighted by atomic mass is 127. The summed E-state index contributed by atoms with van der Waals surface area (Å²) in [5.41, 5.74) is 0. The second-order valence-corrected chi connectivity index (χ2v) is 3.37. The lowest BCUT2D eigenvalue weighted by atomic mass is 9.93. The van der Waals surface area contributed by atoms with E-state index >= 15 is 0 Å². The molecule has 0 aromatic carbocycles. The molecule has 0 aliphatic carbocycles. The fraction of sp³-hybridized carbons (Fsp3) is 1.00. The molecular formula is C6H10BIO3. The molecular weight excluding hydrogens is 258 g/mol. The maximum Gasteiger partial charge on any atom is 0.112 e. The Hall–Kier alpha value is 0.675. The molecule has 1 rings (SSSR count). The van der Waals surface area contributed by atoms with E-state index in [1.54, 1.807) is 0 Å². The van der Waals surface area contributed by atoms with Gasteiger partial charge in [-0.25, -0.2) is 0 Å². The first kappa shape index (κ1) is 9.76. The summed E-state index contributed by atoms with van der Waals surface area (Å²) in [6.07, 6.45) is -1.16. The maximum absolute atomic E-state index is 9.48. The average molecular weight is 268 g/mol. The molecule has 1 N–H and O–H groups in total. The number of alkyl halides is 1. The van der Waals surface area contributed by atoms with Gasteiger partial charge < -0.3 is 14.6 Å². The normalized spacial score (nSPS) is 44.6. The van der Waals surface area contributed by atoms with Crippen LogP contribution < -0.4 is 0 Å². The van der Waals surface area contributed by atoms with Gasteiger partial charge in [0, 0.05) is 17.5 Å². The van der Waals surface area contributed by atoms with Gasteiger partial charge in [-0.1, -0.05) is 22.6 Å². The van der Waals surface area contributed by atoms with Crippen molar-refractivity contribution in [1.82, 2.24) is 0 Å². The van der Waals surface area contributed by atoms with Crippen LogP contribution in [-0.4, -0.2) is 48.8 Å². The van der Waals surface area contributed by atoms with Crippen LogP contribution in [0.4, 0.5) is 0 Å². The van der Waals surface area contributed by atoms with Crippen LogP contribution in [0.3, 0.4) is 0 Å². The Bertz CT molecular complexity index is 135. The lowest BCUT2D eigenvalue weighted by Crippen LogP contribution is -2.34. The fourth-order valence-electron chi connectivity index (χ4n) is 1.17. The summed E-state index contributed by atoms with van der Waals surface area (Å²) < 4.78 is 10.9. The van der Waals surface area contributed by atoms with Crippen LogP contribution in [0.2, 0.25) is 0 Å². The molecule has 0 saturated carbocycles. The van der Waals surface area contributed by atoms with Crippen molar-refractivity contribution in [3.05, 3.63) is 0 Å². The van der Waals surface area contributed by atoms with E-state index in [0.29, 0.717) is 0 Å². The number of halogens is 1. The Balaban J connectivity index is 2.55. The monoisotopic (exact) mass is 268 g/mol. The number of ether oxygens (including phenoxy) is 2. The largest absolute Gasteiger partial charge is 0.388 e. The van der Waals surface area contributed by atoms with E-state index in [1.165, 1.54) is 7.11 Å². The third kappa shape index (κ3) is 1.88. The lowest BCUT2D eigenvalue weighted by Gasteiger charge is -2.15. The van der Waals surface area contributed by atoms with Crippen molar-refractivity contribution in [1.29, 1.82) is 0 Å². The molecule has 11 heavy (non-hydrogen) atoms. The molecule has 4 atom stereocenters. The zero-order valence-electron chi connectivity index (χ0n) is 6.24. The number of aliphatic hydroxyl groups excluding tert-OH is 1. The quantitative estimate of drug-likeness (QED) is 0.424. The van der Waals surface area contributed by atoms with Crippen molar-refractivity contribution in [3.8, 4) is 0 Å². The van der Waals surface area contributed by atoms with Gasteiger partial charge >= 0.3 is 0 Å². The van der Waals surface area contributed by atoms with E-state index in [1.807, 2.05) is 0 Å². The zero-order chi connectivity index (χ0) is 8.43. The number of aliphatic hydroxyl groups is 1. The fourth-order valence-corrected chi connectivity index (χ4v) is 1.90. The minimum atomic E-state index is -0.591. The molecule has 1 saturated heterocycles. The van der Waals surface area contributed by atoms with Crippen molar-refractivity contribution < 1.29 is 14.6 Å². The van der Waals surface area contributed by atoms with Crippen LogP contribution in [0.15, 0.2) is 0 Å². The highest BCUT2D eigenvalue weighted by Crippen LogP contribution is 2.22. The predicted octanol–water partition coefficient (Wildman–Crippen LogP) is -0.309. The van der Waals surface area contributed by atoms with Crippen LogP contribution in [0.1, 0.15) is 0 Å². The van der Waals surface area contributed by atoms with Gasteiger partial charge in [-0.15, -0.1) is 0 Å². The topological polar surface area (TPSA) is 38.7 Å². The van der Waals surface area contributed by atoms with Crippen molar-refractivity contribution in [2.24, 2.45) is 0 Å². The average Bonchev–Trinajstić information content (AvgIpc) is 2.26. The number of methoxy groups -OCH3 is 1. The molecule has 2 unspecified atom stereocenters. The summed E-state index contributed by atoms with van der Waals surface area (Å²) in [6, 6.07) is -0.491. The first-order valence-corrected chi connectivity index (χ1v) is 4.91. The minimum absolute atomic E-state index is 0.185. The smallest absolute Gasteiger partial charge is 0.112 e. The Kier molecular flexibility index (Phi) is 3.61. The summed E-state index contributed by atoms with van der Waals surface area (Å²) >= 11 is 2.14. The maximum atomic E-state index is 9.48. The highest BCUT2D eigenvalue weighted by Gasteiger charge is 2.40. The Labute approximate surface area is 81.0 Å². The first-order valence-electron chi connectivity index (χ1n) is 3.38. The molecule has 2 radical (unpaired) electrons. The Morgan fingerprint density at radius 3 is 2.64 bits per heavy atom. The van der Waals surface area contributed by atoms with E-state index in [9.17, 15) is 5.11 Å². The van der Waals surface area contributed by atoms with Gasteiger partial charge in [-0.05, 0) is 0 Å². The van der Waals surface area contributed by atoms with Crippen LogP contribution in [0.5, 0.6) is 0 Å². The molecule has 1 aliphatic heterocycles.